The number of ketones is 1. The van der Waals surface area contributed by atoms with Gasteiger partial charge in [-0.3, -0.25) is 4.79 Å². The number of benzene rings is 1. The lowest BCUT2D eigenvalue weighted by Gasteiger charge is -2.10. The van der Waals surface area contributed by atoms with Crippen LogP contribution in [0, 0.1) is 6.92 Å². The summed E-state index contributed by atoms with van der Waals surface area (Å²) in [4.78, 5) is 16.9. The Hall–Kier alpha value is -1.59. The molecule has 0 saturated heterocycles. The molecule has 1 aromatic heterocycles. The van der Waals surface area contributed by atoms with Crippen molar-refractivity contribution in [1.82, 2.24) is 4.98 Å². The number of carbonyl (C=O) groups is 1. The van der Waals surface area contributed by atoms with E-state index in [1.807, 2.05) is 13.0 Å². The molecule has 0 radical (unpaired) electrons. The predicted octanol–water partition coefficient (Wildman–Crippen LogP) is 4.02. The highest BCUT2D eigenvalue weighted by Crippen LogP contribution is 2.39. The molecule has 2 rings (SSSR count). The summed E-state index contributed by atoms with van der Waals surface area (Å²) in [6.45, 7) is 3.44. The molecule has 0 amide bonds. The number of halogens is 1. The van der Waals surface area contributed by atoms with Gasteiger partial charge in [0.05, 0.1) is 17.7 Å². The van der Waals surface area contributed by atoms with Gasteiger partial charge in [0.2, 0.25) is 0 Å². The van der Waals surface area contributed by atoms with Crippen molar-refractivity contribution in [2.24, 2.45) is 0 Å². The molecule has 1 heterocycles. The van der Waals surface area contributed by atoms with Gasteiger partial charge >= 0.3 is 0 Å². The number of nitrogens with zero attached hydrogens (tertiary/aromatic N) is 1. The van der Waals surface area contributed by atoms with E-state index in [0.717, 1.165) is 11.1 Å². The third-order valence-electron chi connectivity index (χ3n) is 2.90. The minimum atomic E-state index is -0.0198. The third-order valence-corrected chi connectivity index (χ3v) is 4.48. The molecule has 4 nitrogen and oxygen atoms in total. The highest BCUT2D eigenvalue weighted by molar-refractivity contribution is 7.18. The molecule has 0 spiro atoms. The molecule has 0 aliphatic rings. The zero-order valence-corrected chi connectivity index (χ0v) is 13.3. The molecule has 0 bridgehead atoms. The number of anilines is 1. The fourth-order valence-electron chi connectivity index (χ4n) is 1.87. The SMILES string of the molecule is CNc1nc(-c2cc(C)c(Cl)cc2OC)c(C(C)=O)s1. The van der Waals surface area contributed by atoms with E-state index in [-0.39, 0.29) is 5.78 Å². The molecule has 0 unspecified atom stereocenters. The van der Waals surface area contributed by atoms with E-state index in [9.17, 15) is 4.79 Å². The Bertz CT molecular complexity index is 667. The quantitative estimate of drug-likeness (QED) is 0.866. The maximum atomic E-state index is 11.8. The standard InChI is InChI=1S/C14H15ClN2O2S/c1-7-5-9(11(19-4)6-10(7)15)12-13(8(2)18)20-14(16-3)17-12/h5-6H,1-4H3,(H,16,17). The van der Waals surface area contributed by atoms with E-state index in [0.29, 0.717) is 26.5 Å². The minimum absolute atomic E-state index is 0.0198. The second-order valence-electron chi connectivity index (χ2n) is 4.30. The summed E-state index contributed by atoms with van der Waals surface area (Å²) in [5.41, 5.74) is 2.32. The van der Waals surface area contributed by atoms with Crippen LogP contribution in [-0.2, 0) is 0 Å². The summed E-state index contributed by atoms with van der Waals surface area (Å²) in [7, 11) is 3.35. The molecular formula is C14H15ClN2O2S. The van der Waals surface area contributed by atoms with Crippen LogP contribution < -0.4 is 10.1 Å². The van der Waals surface area contributed by atoms with Gasteiger partial charge in [0.1, 0.15) is 5.75 Å². The molecule has 0 aliphatic heterocycles. The lowest BCUT2D eigenvalue weighted by atomic mass is 10.1. The van der Waals surface area contributed by atoms with Crippen molar-refractivity contribution in [1.29, 1.82) is 0 Å². The van der Waals surface area contributed by atoms with Crippen molar-refractivity contribution in [2.45, 2.75) is 13.8 Å². The summed E-state index contributed by atoms with van der Waals surface area (Å²) < 4.78 is 5.36. The molecule has 0 aliphatic carbocycles. The first-order valence-electron chi connectivity index (χ1n) is 6.02. The number of nitrogens with one attached hydrogen (secondary N) is 1. The summed E-state index contributed by atoms with van der Waals surface area (Å²) in [5.74, 6) is 0.588. The van der Waals surface area contributed by atoms with Gasteiger partial charge in [-0.05, 0) is 24.6 Å². The van der Waals surface area contributed by atoms with Gasteiger partial charge in [-0.15, -0.1) is 0 Å². The maximum absolute atomic E-state index is 11.8. The first-order chi connectivity index (χ1) is 9.47. The molecule has 0 fully saturated rings. The Morgan fingerprint density at radius 2 is 2.15 bits per heavy atom. The number of methoxy groups -OCH3 is 1. The Morgan fingerprint density at radius 1 is 1.45 bits per heavy atom. The number of hydrogen-bond acceptors (Lipinski definition) is 5. The lowest BCUT2D eigenvalue weighted by molar-refractivity contribution is 0.102. The Labute approximate surface area is 126 Å². The van der Waals surface area contributed by atoms with Crippen LogP contribution in [0.15, 0.2) is 12.1 Å². The summed E-state index contributed by atoms with van der Waals surface area (Å²) in [6.07, 6.45) is 0. The first kappa shape index (κ1) is 14.8. The summed E-state index contributed by atoms with van der Waals surface area (Å²) in [6, 6.07) is 3.64. The number of hydrogen-bond donors (Lipinski definition) is 1. The van der Waals surface area contributed by atoms with Crippen LogP contribution in [-0.4, -0.2) is 24.9 Å². The normalized spacial score (nSPS) is 10.4. The van der Waals surface area contributed by atoms with Gasteiger partial charge in [0.25, 0.3) is 0 Å². The predicted molar refractivity (Wildman–Crippen MR) is 83.4 cm³/mol. The van der Waals surface area contributed by atoms with E-state index in [1.165, 1.54) is 18.3 Å². The number of thiazole rings is 1. The van der Waals surface area contributed by atoms with E-state index in [4.69, 9.17) is 16.3 Å². The fraction of sp³-hybridized carbons (Fsp3) is 0.286. The molecule has 1 N–H and O–H groups in total. The van der Waals surface area contributed by atoms with E-state index in [2.05, 4.69) is 10.3 Å². The number of ether oxygens (including phenoxy) is 1. The van der Waals surface area contributed by atoms with Crippen molar-refractivity contribution in [2.75, 3.05) is 19.5 Å². The van der Waals surface area contributed by atoms with Crippen molar-refractivity contribution < 1.29 is 9.53 Å². The van der Waals surface area contributed by atoms with E-state index >= 15 is 0 Å². The highest BCUT2D eigenvalue weighted by atomic mass is 35.5. The van der Waals surface area contributed by atoms with Crippen molar-refractivity contribution in [3.8, 4) is 17.0 Å². The molecular weight excluding hydrogens is 296 g/mol. The number of Topliss-reactive ketones (excluding diaryl/α,β-unsaturated/α-hetero) is 1. The van der Waals surface area contributed by atoms with Crippen LogP contribution in [0.3, 0.4) is 0 Å². The van der Waals surface area contributed by atoms with Crippen LogP contribution >= 0.6 is 22.9 Å². The average Bonchev–Trinajstić information content (AvgIpc) is 2.85. The fourth-order valence-corrected chi connectivity index (χ4v) is 2.85. The van der Waals surface area contributed by atoms with Gasteiger partial charge in [-0.1, -0.05) is 22.9 Å². The van der Waals surface area contributed by atoms with Gasteiger partial charge < -0.3 is 10.1 Å². The van der Waals surface area contributed by atoms with Crippen molar-refractivity contribution in [3.05, 3.63) is 27.6 Å². The van der Waals surface area contributed by atoms with Crippen LogP contribution in [0.5, 0.6) is 5.75 Å². The zero-order chi connectivity index (χ0) is 14.9. The van der Waals surface area contributed by atoms with Gasteiger partial charge in [-0.2, -0.15) is 0 Å². The number of aromatic nitrogens is 1. The monoisotopic (exact) mass is 310 g/mol. The lowest BCUT2D eigenvalue weighted by Crippen LogP contribution is -1.96. The topological polar surface area (TPSA) is 51.2 Å². The number of rotatable bonds is 4. The van der Waals surface area contributed by atoms with Crippen LogP contribution in [0.4, 0.5) is 5.13 Å². The highest BCUT2D eigenvalue weighted by Gasteiger charge is 2.20. The maximum Gasteiger partial charge on any atom is 0.183 e. The molecule has 2 aromatic rings. The zero-order valence-electron chi connectivity index (χ0n) is 11.7. The van der Waals surface area contributed by atoms with E-state index in [1.54, 1.807) is 20.2 Å². The third kappa shape index (κ3) is 2.64. The van der Waals surface area contributed by atoms with Gasteiger partial charge in [-0.25, -0.2) is 4.98 Å². The van der Waals surface area contributed by atoms with E-state index < -0.39 is 0 Å². The van der Waals surface area contributed by atoms with Crippen LogP contribution in [0.1, 0.15) is 22.2 Å². The van der Waals surface area contributed by atoms with Crippen LogP contribution in [0.25, 0.3) is 11.3 Å². The molecule has 0 atom stereocenters. The number of aryl methyl sites for hydroxylation is 1. The minimum Gasteiger partial charge on any atom is -0.496 e. The molecule has 20 heavy (non-hydrogen) atoms. The molecule has 6 heteroatoms. The Kier molecular flexibility index (Phi) is 4.30. The van der Waals surface area contributed by atoms with Crippen molar-refractivity contribution in [3.63, 3.8) is 0 Å². The number of carbonyl (C=O) groups excluding carboxylic acids is 1. The second kappa shape index (κ2) is 5.81. The largest absolute Gasteiger partial charge is 0.496 e. The molecule has 1 aromatic carbocycles. The smallest absolute Gasteiger partial charge is 0.183 e. The average molecular weight is 311 g/mol. The van der Waals surface area contributed by atoms with Gasteiger partial charge in [0.15, 0.2) is 10.9 Å². The van der Waals surface area contributed by atoms with Crippen LogP contribution in [0.2, 0.25) is 5.02 Å². The Balaban J connectivity index is 2.70. The summed E-state index contributed by atoms with van der Waals surface area (Å²) >= 11 is 7.44. The first-order valence-corrected chi connectivity index (χ1v) is 7.21. The Morgan fingerprint density at radius 3 is 2.70 bits per heavy atom. The van der Waals surface area contributed by atoms with Gasteiger partial charge in [0, 0.05) is 24.6 Å². The second-order valence-corrected chi connectivity index (χ2v) is 5.71. The molecule has 0 saturated carbocycles. The summed E-state index contributed by atoms with van der Waals surface area (Å²) in [5, 5.41) is 4.28. The molecule has 106 valence electrons. The van der Waals surface area contributed by atoms with Crippen molar-refractivity contribution >= 4 is 33.9 Å².